The second-order valence-electron chi connectivity index (χ2n) is 7.04. The van der Waals surface area contributed by atoms with Gasteiger partial charge < -0.3 is 15.0 Å². The number of carbonyl (C=O) groups is 2. The molecular weight excluding hydrogens is 256 g/mol. The minimum absolute atomic E-state index is 0.0268. The molecule has 4 unspecified atom stereocenters. The largest absolute Gasteiger partial charge is 0.444 e. The van der Waals surface area contributed by atoms with Crippen molar-refractivity contribution in [1.29, 1.82) is 0 Å². The molecule has 1 aliphatic carbocycles. The fourth-order valence-corrected chi connectivity index (χ4v) is 2.98. The molecule has 1 saturated carbocycles. The molecule has 0 aromatic carbocycles. The van der Waals surface area contributed by atoms with Crippen LogP contribution in [0.4, 0.5) is 4.79 Å². The van der Waals surface area contributed by atoms with Crippen LogP contribution in [0.1, 0.15) is 47.5 Å². The van der Waals surface area contributed by atoms with Gasteiger partial charge in [0.2, 0.25) is 5.91 Å². The summed E-state index contributed by atoms with van der Waals surface area (Å²) in [6.45, 7) is 10.3. The zero-order valence-corrected chi connectivity index (χ0v) is 13.1. The highest BCUT2D eigenvalue weighted by Crippen LogP contribution is 2.46. The maximum Gasteiger partial charge on any atom is 0.410 e. The first kappa shape index (κ1) is 15.1. The third-order valence-corrected chi connectivity index (χ3v) is 4.23. The minimum atomic E-state index is -0.488. The molecule has 0 spiro atoms. The number of fused-ring (bicyclic) bond motifs is 1. The van der Waals surface area contributed by atoms with Gasteiger partial charge in [-0.2, -0.15) is 0 Å². The van der Waals surface area contributed by atoms with Crippen molar-refractivity contribution in [3.63, 3.8) is 0 Å². The predicted molar refractivity (Wildman–Crippen MR) is 76.2 cm³/mol. The molecule has 0 aromatic rings. The van der Waals surface area contributed by atoms with Gasteiger partial charge in [0.1, 0.15) is 5.60 Å². The lowest BCUT2D eigenvalue weighted by atomic mass is 9.73. The molecule has 5 nitrogen and oxygen atoms in total. The van der Waals surface area contributed by atoms with Crippen molar-refractivity contribution >= 4 is 12.0 Å². The fourth-order valence-electron chi connectivity index (χ4n) is 2.98. The summed E-state index contributed by atoms with van der Waals surface area (Å²) in [5.41, 5.74) is -0.488. The Labute approximate surface area is 121 Å². The molecule has 114 valence electrons. The molecule has 20 heavy (non-hydrogen) atoms. The maximum absolute atomic E-state index is 12.2. The molecule has 0 radical (unpaired) electrons. The first-order valence-electron chi connectivity index (χ1n) is 7.53. The third kappa shape index (κ3) is 2.91. The second kappa shape index (κ2) is 5.26. The van der Waals surface area contributed by atoms with E-state index < -0.39 is 5.60 Å². The molecule has 2 heterocycles. The Kier molecular flexibility index (Phi) is 3.98. The molecule has 2 saturated heterocycles. The minimum Gasteiger partial charge on any atom is -0.444 e. The lowest BCUT2D eigenvalue weighted by Gasteiger charge is -2.36. The van der Waals surface area contributed by atoms with Crippen LogP contribution in [0, 0.1) is 11.8 Å². The molecule has 3 aliphatic rings. The first-order valence-corrected chi connectivity index (χ1v) is 7.53. The molecule has 4 atom stereocenters. The summed E-state index contributed by atoms with van der Waals surface area (Å²) in [5, 5.41) is 3.02. The zero-order valence-electron chi connectivity index (χ0n) is 13.1. The Bertz CT molecular complexity index is 402. The van der Waals surface area contributed by atoms with Crippen LogP contribution in [0.2, 0.25) is 0 Å². The predicted octanol–water partition coefficient (Wildman–Crippen LogP) is 2.16. The molecule has 5 heteroatoms. The van der Waals surface area contributed by atoms with E-state index in [9.17, 15) is 9.59 Å². The second-order valence-corrected chi connectivity index (χ2v) is 7.04. The van der Waals surface area contributed by atoms with Crippen LogP contribution in [-0.2, 0) is 9.53 Å². The van der Waals surface area contributed by atoms with E-state index in [0.29, 0.717) is 12.5 Å². The number of ether oxygens (including phenoxy) is 1. The molecule has 1 N–H and O–H groups in total. The summed E-state index contributed by atoms with van der Waals surface area (Å²) < 4.78 is 5.40. The number of hydrogen-bond acceptors (Lipinski definition) is 3. The van der Waals surface area contributed by atoms with Crippen molar-refractivity contribution < 1.29 is 14.3 Å². The molecule has 3 fully saturated rings. The lowest BCUT2D eigenvalue weighted by Crippen LogP contribution is -2.51. The zero-order chi connectivity index (χ0) is 15.1. The van der Waals surface area contributed by atoms with Gasteiger partial charge in [-0.05, 0) is 46.5 Å². The molecule has 2 aliphatic heterocycles. The van der Waals surface area contributed by atoms with E-state index in [1.165, 1.54) is 0 Å². The van der Waals surface area contributed by atoms with Crippen molar-refractivity contribution in [1.82, 2.24) is 10.2 Å². The van der Waals surface area contributed by atoms with E-state index >= 15 is 0 Å². The van der Waals surface area contributed by atoms with Crippen LogP contribution in [0.25, 0.3) is 0 Å². The van der Waals surface area contributed by atoms with Gasteiger partial charge in [-0.3, -0.25) is 4.79 Å². The Balaban J connectivity index is 1.93. The fraction of sp³-hybridized carbons (Fsp3) is 0.867. The van der Waals surface area contributed by atoms with Gasteiger partial charge in [0.05, 0.1) is 5.92 Å². The average molecular weight is 282 g/mol. The van der Waals surface area contributed by atoms with Gasteiger partial charge in [-0.25, -0.2) is 4.79 Å². The number of carbonyl (C=O) groups excluding carboxylic acids is 2. The number of rotatable bonds is 3. The highest BCUT2D eigenvalue weighted by Gasteiger charge is 2.57. The van der Waals surface area contributed by atoms with Gasteiger partial charge in [0.25, 0.3) is 0 Å². The topological polar surface area (TPSA) is 58.6 Å². The van der Waals surface area contributed by atoms with Crippen LogP contribution in [-0.4, -0.2) is 41.1 Å². The van der Waals surface area contributed by atoms with E-state index in [4.69, 9.17) is 4.74 Å². The Hall–Kier alpha value is -1.26. The summed E-state index contributed by atoms with van der Waals surface area (Å²) in [7, 11) is 0. The normalized spacial score (nSPS) is 29.6. The van der Waals surface area contributed by atoms with E-state index in [1.54, 1.807) is 4.90 Å². The highest BCUT2D eigenvalue weighted by molar-refractivity contribution is 5.83. The van der Waals surface area contributed by atoms with E-state index in [2.05, 4.69) is 5.32 Å². The van der Waals surface area contributed by atoms with Gasteiger partial charge in [0.15, 0.2) is 0 Å². The standard InChI is InChI=1S/C15H26N2O3/c1-6-9(2)16-13(18)12-10-7-11(12)17(8-10)14(19)20-15(3,4)5/h9-12H,6-8H2,1-5H3,(H,16,18). The smallest absolute Gasteiger partial charge is 0.410 e. The van der Waals surface area contributed by atoms with Gasteiger partial charge in [0, 0.05) is 18.6 Å². The Morgan fingerprint density at radius 3 is 2.60 bits per heavy atom. The van der Waals surface area contributed by atoms with Crippen molar-refractivity contribution in [3.05, 3.63) is 0 Å². The highest BCUT2D eigenvalue weighted by atomic mass is 16.6. The van der Waals surface area contributed by atoms with Gasteiger partial charge in [-0.1, -0.05) is 6.92 Å². The van der Waals surface area contributed by atoms with Crippen LogP contribution >= 0.6 is 0 Å². The Morgan fingerprint density at radius 2 is 2.05 bits per heavy atom. The monoisotopic (exact) mass is 282 g/mol. The number of hydrogen-bond donors (Lipinski definition) is 1. The van der Waals surface area contributed by atoms with Gasteiger partial charge >= 0.3 is 6.09 Å². The summed E-state index contributed by atoms with van der Waals surface area (Å²) in [4.78, 5) is 26.1. The van der Waals surface area contributed by atoms with Crippen molar-refractivity contribution in [3.8, 4) is 0 Å². The molecular formula is C15H26N2O3. The van der Waals surface area contributed by atoms with Crippen LogP contribution in [0.3, 0.4) is 0 Å². The summed E-state index contributed by atoms with van der Waals surface area (Å²) in [5.74, 6) is 0.347. The van der Waals surface area contributed by atoms with E-state index in [1.807, 2.05) is 34.6 Å². The van der Waals surface area contributed by atoms with Crippen LogP contribution < -0.4 is 5.32 Å². The Morgan fingerprint density at radius 1 is 1.40 bits per heavy atom. The van der Waals surface area contributed by atoms with Crippen molar-refractivity contribution in [2.24, 2.45) is 11.8 Å². The van der Waals surface area contributed by atoms with Crippen molar-refractivity contribution in [2.45, 2.75) is 65.1 Å². The van der Waals surface area contributed by atoms with E-state index in [-0.39, 0.29) is 30.0 Å². The average Bonchev–Trinajstić information content (AvgIpc) is 2.84. The summed E-state index contributed by atoms with van der Waals surface area (Å²) in [6.07, 6.45) is 1.56. The van der Waals surface area contributed by atoms with Crippen LogP contribution in [0.15, 0.2) is 0 Å². The van der Waals surface area contributed by atoms with Gasteiger partial charge in [-0.15, -0.1) is 0 Å². The van der Waals surface area contributed by atoms with Crippen molar-refractivity contribution in [2.75, 3.05) is 6.54 Å². The maximum atomic E-state index is 12.2. The summed E-state index contributed by atoms with van der Waals surface area (Å²) >= 11 is 0. The number of nitrogens with zero attached hydrogens (tertiary/aromatic N) is 1. The molecule has 3 rings (SSSR count). The summed E-state index contributed by atoms with van der Waals surface area (Å²) in [6, 6.07) is 0.219. The third-order valence-electron chi connectivity index (χ3n) is 4.23. The lowest BCUT2D eigenvalue weighted by molar-refractivity contribution is -0.130. The molecule has 2 bridgehead atoms. The quantitative estimate of drug-likeness (QED) is 0.863. The molecule has 2 amide bonds. The van der Waals surface area contributed by atoms with Crippen LogP contribution in [0.5, 0.6) is 0 Å². The van der Waals surface area contributed by atoms with E-state index in [0.717, 1.165) is 12.8 Å². The molecule has 0 aromatic heterocycles. The SMILES string of the molecule is CCC(C)NC(=O)C1C2CC1N(C(=O)OC(C)(C)C)C2. The first-order chi connectivity index (χ1) is 9.23. The number of amides is 2. The number of nitrogens with one attached hydrogen (secondary N) is 1.